The number of ether oxygens (including phenoxy) is 1. The highest BCUT2D eigenvalue weighted by Gasteiger charge is 2.60. The number of hydrogen-bond acceptors (Lipinski definition) is 5. The Labute approximate surface area is 203 Å². The third-order valence-corrected chi connectivity index (χ3v) is 7.72. The molecule has 0 unspecified atom stereocenters. The first-order valence-corrected chi connectivity index (χ1v) is 12.1. The molecule has 2 saturated heterocycles. The topological polar surface area (TPSA) is 70.9 Å². The number of hydrogen-bond donors (Lipinski definition) is 0. The zero-order valence-corrected chi connectivity index (χ0v) is 19.4. The first-order valence-electron chi connectivity index (χ1n) is 12.1. The molecule has 0 atom stereocenters. The summed E-state index contributed by atoms with van der Waals surface area (Å²) < 4.78 is 82.3. The molecule has 8 nitrogen and oxygen atoms in total. The van der Waals surface area contributed by atoms with E-state index < -0.39 is 30.1 Å². The summed E-state index contributed by atoms with van der Waals surface area (Å²) in [6.45, 7) is 2.59. The van der Waals surface area contributed by atoms with Crippen molar-refractivity contribution in [3.8, 4) is 0 Å². The molecular weight excluding hydrogens is 496 g/mol. The normalized spacial score (nSPS) is 22.9. The summed E-state index contributed by atoms with van der Waals surface area (Å²) in [5, 5.41) is 4.51. The molecule has 1 aliphatic carbocycles. The summed E-state index contributed by atoms with van der Waals surface area (Å²) in [7, 11) is 0. The number of alkyl halides is 6. The van der Waals surface area contributed by atoms with E-state index in [9.17, 15) is 35.9 Å². The maximum atomic E-state index is 13.4. The maximum Gasteiger partial charge on any atom is 0.434 e. The molecule has 4 aliphatic rings. The predicted octanol–water partition coefficient (Wildman–Crippen LogP) is 3.56. The van der Waals surface area contributed by atoms with E-state index in [0.29, 0.717) is 37.7 Å². The molecular formula is C22H27F6N5O3. The largest absolute Gasteiger partial charge is 0.434 e. The summed E-state index contributed by atoms with van der Waals surface area (Å²) in [6, 6.07) is 2.41. The molecule has 1 aromatic heterocycles. The number of carbonyl (C=O) groups excluding carboxylic acids is 2. The number of rotatable bonds is 3. The lowest BCUT2D eigenvalue weighted by Gasteiger charge is -2.44. The van der Waals surface area contributed by atoms with Crippen molar-refractivity contribution < 1.29 is 40.7 Å². The fraction of sp³-hybridized carbons (Fsp3) is 0.773. The summed E-state index contributed by atoms with van der Waals surface area (Å²) in [6.07, 6.45) is -13.2. The molecule has 5 rings (SSSR count). The monoisotopic (exact) mass is 523 g/mol. The minimum absolute atomic E-state index is 0.110. The van der Waals surface area contributed by atoms with Crippen LogP contribution >= 0.6 is 0 Å². The van der Waals surface area contributed by atoms with E-state index >= 15 is 0 Å². The van der Waals surface area contributed by atoms with Gasteiger partial charge < -0.3 is 14.5 Å². The molecule has 0 radical (unpaired) electrons. The highest BCUT2D eigenvalue weighted by molar-refractivity contribution is 5.93. The van der Waals surface area contributed by atoms with E-state index in [1.54, 1.807) is 4.90 Å². The van der Waals surface area contributed by atoms with Crippen LogP contribution in [-0.4, -0.2) is 92.7 Å². The van der Waals surface area contributed by atoms with Crippen molar-refractivity contribution in [2.45, 2.75) is 81.7 Å². The Bertz CT molecular complexity index is 999. The zero-order chi connectivity index (χ0) is 25.9. The Hall–Kier alpha value is -2.51. The van der Waals surface area contributed by atoms with Crippen molar-refractivity contribution >= 4 is 12.0 Å². The second-order valence-corrected chi connectivity index (χ2v) is 10.1. The van der Waals surface area contributed by atoms with E-state index in [0.717, 1.165) is 23.7 Å². The smallest absolute Gasteiger partial charge is 0.426 e. The number of fused-ring (bicyclic) bond motifs is 1. The van der Waals surface area contributed by atoms with Crippen LogP contribution < -0.4 is 0 Å². The number of halogens is 6. The number of amides is 2. The van der Waals surface area contributed by atoms with Crippen molar-refractivity contribution in [2.75, 3.05) is 26.2 Å². The molecule has 36 heavy (non-hydrogen) atoms. The van der Waals surface area contributed by atoms with Gasteiger partial charge in [0.15, 0.2) is 5.69 Å². The lowest BCUT2D eigenvalue weighted by atomic mass is 9.85. The molecule has 200 valence electrons. The molecule has 1 saturated carbocycles. The molecule has 14 heteroatoms. The summed E-state index contributed by atoms with van der Waals surface area (Å²) in [5.74, 6) is -0.238. The van der Waals surface area contributed by atoms with Crippen LogP contribution in [0.15, 0.2) is 6.07 Å². The highest BCUT2D eigenvalue weighted by atomic mass is 19.4. The van der Waals surface area contributed by atoms with Crippen molar-refractivity contribution in [3.63, 3.8) is 0 Å². The van der Waals surface area contributed by atoms with Crippen molar-refractivity contribution in [2.24, 2.45) is 0 Å². The minimum Gasteiger partial charge on any atom is -0.426 e. The van der Waals surface area contributed by atoms with Gasteiger partial charge in [-0.05, 0) is 44.6 Å². The second-order valence-electron chi connectivity index (χ2n) is 10.1. The number of nitrogens with zero attached hydrogens (tertiary/aromatic N) is 5. The third kappa shape index (κ3) is 4.75. The van der Waals surface area contributed by atoms with Crippen LogP contribution in [0.25, 0.3) is 0 Å². The van der Waals surface area contributed by atoms with Gasteiger partial charge in [0.1, 0.15) is 0 Å². The van der Waals surface area contributed by atoms with E-state index in [1.165, 1.54) is 12.8 Å². The SMILES string of the molecule is O=C(OC(C(F)(F)F)C(F)(F)F)N1CCC2(CCCN2C(=O)c2cc3n(n2)CCN(C2CC2)C3)CC1. The Morgan fingerprint density at radius 1 is 0.972 bits per heavy atom. The quantitative estimate of drug-likeness (QED) is 0.567. The van der Waals surface area contributed by atoms with Gasteiger partial charge in [0, 0.05) is 44.3 Å². The van der Waals surface area contributed by atoms with Crippen LogP contribution in [0.5, 0.6) is 0 Å². The molecule has 1 spiro atoms. The van der Waals surface area contributed by atoms with Gasteiger partial charge >= 0.3 is 18.4 Å². The molecule has 0 aromatic carbocycles. The van der Waals surface area contributed by atoms with Gasteiger partial charge in [0.2, 0.25) is 0 Å². The first-order chi connectivity index (χ1) is 16.9. The Morgan fingerprint density at radius 3 is 2.25 bits per heavy atom. The van der Waals surface area contributed by atoms with Crippen LogP contribution in [0.4, 0.5) is 31.1 Å². The average Bonchev–Trinajstić information content (AvgIpc) is 3.45. The van der Waals surface area contributed by atoms with Crippen molar-refractivity contribution in [3.05, 3.63) is 17.5 Å². The lowest BCUT2D eigenvalue weighted by Crippen LogP contribution is -2.56. The number of piperidine rings is 1. The number of aromatic nitrogens is 2. The summed E-state index contributed by atoms with van der Waals surface area (Å²) in [4.78, 5) is 30.5. The van der Waals surface area contributed by atoms with Crippen LogP contribution in [-0.2, 0) is 17.8 Å². The van der Waals surface area contributed by atoms with E-state index in [2.05, 4.69) is 14.7 Å². The Morgan fingerprint density at radius 2 is 1.64 bits per heavy atom. The highest BCUT2D eigenvalue weighted by Crippen LogP contribution is 2.41. The van der Waals surface area contributed by atoms with Crippen LogP contribution in [0.3, 0.4) is 0 Å². The van der Waals surface area contributed by atoms with Gasteiger partial charge in [-0.2, -0.15) is 31.4 Å². The molecule has 0 N–H and O–H groups in total. The fourth-order valence-electron chi connectivity index (χ4n) is 5.66. The van der Waals surface area contributed by atoms with Crippen LogP contribution in [0.2, 0.25) is 0 Å². The van der Waals surface area contributed by atoms with Gasteiger partial charge in [-0.25, -0.2) is 4.79 Å². The van der Waals surface area contributed by atoms with Crippen LogP contribution in [0.1, 0.15) is 54.7 Å². The van der Waals surface area contributed by atoms with Crippen LogP contribution in [0, 0.1) is 0 Å². The molecule has 3 aliphatic heterocycles. The molecule has 1 aromatic rings. The van der Waals surface area contributed by atoms with Crippen molar-refractivity contribution in [1.82, 2.24) is 24.5 Å². The Kier molecular flexibility index (Phi) is 6.15. The predicted molar refractivity (Wildman–Crippen MR) is 112 cm³/mol. The zero-order valence-electron chi connectivity index (χ0n) is 19.4. The standard InChI is InChI=1S/C22H27F6N5O3/c23-21(24,25)18(22(26,27)28)36-19(35)30-8-5-20(6-9-30)4-1-7-32(20)17(34)16-12-15-13-31(14-2-3-14)10-11-33(15)29-16/h12,14,18H,1-11,13H2. The second kappa shape index (κ2) is 8.80. The summed E-state index contributed by atoms with van der Waals surface area (Å²) >= 11 is 0. The first kappa shape index (κ1) is 25.2. The average molecular weight is 523 g/mol. The summed E-state index contributed by atoms with van der Waals surface area (Å²) in [5.41, 5.74) is 0.695. The minimum atomic E-state index is -5.76. The number of carbonyl (C=O) groups is 2. The molecule has 3 fully saturated rings. The van der Waals surface area contributed by atoms with E-state index in [4.69, 9.17) is 0 Å². The van der Waals surface area contributed by atoms with Gasteiger partial charge in [0.25, 0.3) is 12.0 Å². The molecule has 2 amide bonds. The third-order valence-electron chi connectivity index (χ3n) is 7.72. The fourth-order valence-corrected chi connectivity index (χ4v) is 5.66. The number of likely N-dealkylation sites (tertiary alicyclic amines) is 2. The van der Waals surface area contributed by atoms with E-state index in [1.807, 2.05) is 10.7 Å². The van der Waals surface area contributed by atoms with Gasteiger partial charge in [-0.3, -0.25) is 14.4 Å². The van der Waals surface area contributed by atoms with Gasteiger partial charge in [0.05, 0.1) is 12.2 Å². The maximum absolute atomic E-state index is 13.4. The van der Waals surface area contributed by atoms with Gasteiger partial charge in [-0.1, -0.05) is 0 Å². The van der Waals surface area contributed by atoms with Gasteiger partial charge in [-0.15, -0.1) is 0 Å². The van der Waals surface area contributed by atoms with Crippen molar-refractivity contribution in [1.29, 1.82) is 0 Å². The molecule has 4 heterocycles. The van der Waals surface area contributed by atoms with E-state index in [-0.39, 0.29) is 31.8 Å². The molecule has 0 bridgehead atoms. The lowest BCUT2D eigenvalue weighted by molar-refractivity contribution is -0.308. The Balaban J connectivity index is 1.23.